The summed E-state index contributed by atoms with van der Waals surface area (Å²) < 4.78 is 17.5. The van der Waals surface area contributed by atoms with Crippen LogP contribution in [0, 0.1) is 0 Å². The van der Waals surface area contributed by atoms with E-state index in [1.165, 1.54) is 0 Å². The number of aromatic nitrogens is 1. The van der Waals surface area contributed by atoms with E-state index in [1.54, 1.807) is 38.6 Å². The molecule has 5 rings (SSSR count). The van der Waals surface area contributed by atoms with Gasteiger partial charge in [-0.15, -0.1) is 0 Å². The molecular weight excluding hydrogens is 478 g/mol. The lowest BCUT2D eigenvalue weighted by Crippen LogP contribution is -2.29. The standard InChI is InChI=1S/C27H23N3O5S/c1-33-18-9-10-22(34-2)20(15-18)30-25(24(29-27(30)36)19-8-3-4-13-28-19)23-12-11-21(35-23)16-6-5-7-17(14-16)26(31)32/h3-15,24-25H,1-2H3,(H,29,36)(H,31,32)/t24-,25-/m1/s1. The molecule has 0 radical (unpaired) electrons. The number of ether oxygens (including phenoxy) is 2. The molecule has 182 valence electrons. The Morgan fingerprint density at radius 1 is 1.06 bits per heavy atom. The van der Waals surface area contributed by atoms with Crippen molar-refractivity contribution in [3.8, 4) is 22.8 Å². The first kappa shape index (κ1) is 23.4. The van der Waals surface area contributed by atoms with E-state index in [-0.39, 0.29) is 11.6 Å². The van der Waals surface area contributed by atoms with Gasteiger partial charge in [0.15, 0.2) is 5.11 Å². The van der Waals surface area contributed by atoms with Gasteiger partial charge in [0.25, 0.3) is 0 Å². The zero-order valence-electron chi connectivity index (χ0n) is 19.5. The fourth-order valence-electron chi connectivity index (χ4n) is 4.36. The molecule has 1 saturated heterocycles. The summed E-state index contributed by atoms with van der Waals surface area (Å²) in [6.45, 7) is 0. The molecule has 0 unspecified atom stereocenters. The predicted molar refractivity (Wildman–Crippen MR) is 139 cm³/mol. The van der Waals surface area contributed by atoms with Gasteiger partial charge in [0.1, 0.15) is 29.1 Å². The first-order valence-corrected chi connectivity index (χ1v) is 11.6. The Bertz CT molecular complexity index is 1420. The van der Waals surface area contributed by atoms with Gasteiger partial charge < -0.3 is 29.2 Å². The molecule has 1 aliphatic rings. The fraction of sp³-hybridized carbons (Fsp3) is 0.148. The maximum absolute atomic E-state index is 11.5. The number of carboxylic acids is 1. The summed E-state index contributed by atoms with van der Waals surface area (Å²) >= 11 is 5.79. The number of aromatic carboxylic acids is 1. The molecule has 1 fully saturated rings. The second-order valence-corrected chi connectivity index (χ2v) is 8.51. The Morgan fingerprint density at radius 2 is 1.92 bits per heavy atom. The molecule has 2 N–H and O–H groups in total. The zero-order valence-corrected chi connectivity index (χ0v) is 20.4. The van der Waals surface area contributed by atoms with Gasteiger partial charge in [-0.05, 0) is 60.7 Å². The summed E-state index contributed by atoms with van der Waals surface area (Å²) in [7, 11) is 3.20. The third-order valence-corrected chi connectivity index (χ3v) is 6.37. The fourth-order valence-corrected chi connectivity index (χ4v) is 4.70. The van der Waals surface area contributed by atoms with Crippen LogP contribution in [0.3, 0.4) is 0 Å². The summed E-state index contributed by atoms with van der Waals surface area (Å²) in [6.07, 6.45) is 1.73. The third kappa shape index (κ3) is 4.25. The molecule has 4 aromatic rings. The van der Waals surface area contributed by atoms with Crippen molar-refractivity contribution in [2.24, 2.45) is 0 Å². The quantitative estimate of drug-likeness (QED) is 0.330. The maximum Gasteiger partial charge on any atom is 0.335 e. The first-order chi connectivity index (χ1) is 17.5. The van der Waals surface area contributed by atoms with Crippen molar-refractivity contribution in [1.82, 2.24) is 10.3 Å². The van der Waals surface area contributed by atoms with Gasteiger partial charge in [-0.25, -0.2) is 4.79 Å². The average Bonchev–Trinajstić information content (AvgIpc) is 3.53. The summed E-state index contributed by atoms with van der Waals surface area (Å²) in [4.78, 5) is 18.0. The van der Waals surface area contributed by atoms with Gasteiger partial charge in [0, 0.05) is 17.8 Å². The number of nitrogens with zero attached hydrogens (tertiary/aromatic N) is 2. The number of hydrogen-bond acceptors (Lipinski definition) is 6. The van der Waals surface area contributed by atoms with Crippen LogP contribution in [0.4, 0.5) is 5.69 Å². The zero-order chi connectivity index (χ0) is 25.2. The van der Waals surface area contributed by atoms with E-state index in [0.717, 1.165) is 5.69 Å². The molecule has 2 atom stereocenters. The highest BCUT2D eigenvalue weighted by Crippen LogP contribution is 2.46. The molecule has 8 nitrogen and oxygen atoms in total. The largest absolute Gasteiger partial charge is 0.497 e. The van der Waals surface area contributed by atoms with Gasteiger partial charge in [-0.2, -0.15) is 0 Å². The average molecular weight is 502 g/mol. The highest BCUT2D eigenvalue weighted by atomic mass is 32.1. The van der Waals surface area contributed by atoms with Crippen LogP contribution in [0.15, 0.2) is 83.4 Å². The van der Waals surface area contributed by atoms with Crippen LogP contribution in [0.5, 0.6) is 11.5 Å². The van der Waals surface area contributed by atoms with Gasteiger partial charge in [-0.1, -0.05) is 18.2 Å². The number of thiocarbonyl (C=S) groups is 1. The number of nitrogens with one attached hydrogen (secondary N) is 1. The lowest BCUT2D eigenvalue weighted by Gasteiger charge is -2.27. The summed E-state index contributed by atoms with van der Waals surface area (Å²) in [5.41, 5.74) is 2.35. The number of carbonyl (C=O) groups is 1. The van der Waals surface area contributed by atoms with E-state index in [4.69, 9.17) is 26.1 Å². The maximum atomic E-state index is 11.5. The van der Waals surface area contributed by atoms with Gasteiger partial charge in [0.2, 0.25) is 0 Å². The van der Waals surface area contributed by atoms with E-state index in [1.807, 2.05) is 59.5 Å². The van der Waals surface area contributed by atoms with Gasteiger partial charge >= 0.3 is 5.97 Å². The number of pyridine rings is 1. The minimum absolute atomic E-state index is 0.184. The highest BCUT2D eigenvalue weighted by Gasteiger charge is 2.43. The van der Waals surface area contributed by atoms with Crippen LogP contribution in [0.25, 0.3) is 11.3 Å². The van der Waals surface area contributed by atoms with Gasteiger partial charge in [-0.3, -0.25) is 4.98 Å². The SMILES string of the molecule is COc1ccc(OC)c(N2C(=S)N[C@H](c3ccccn3)[C@H]2c2ccc(-c3cccc(C(=O)O)c3)o2)c1. The van der Waals surface area contributed by atoms with Crippen LogP contribution in [0.1, 0.15) is 33.9 Å². The van der Waals surface area contributed by atoms with Crippen molar-refractivity contribution in [3.63, 3.8) is 0 Å². The number of anilines is 1. The third-order valence-electron chi connectivity index (χ3n) is 6.06. The van der Waals surface area contributed by atoms with Crippen molar-refractivity contribution in [3.05, 3.63) is 96.0 Å². The monoisotopic (exact) mass is 501 g/mol. The molecule has 1 aliphatic heterocycles. The predicted octanol–water partition coefficient (Wildman–Crippen LogP) is 5.23. The molecule has 0 bridgehead atoms. The number of hydrogen-bond donors (Lipinski definition) is 2. The topological polar surface area (TPSA) is 97.1 Å². The smallest absolute Gasteiger partial charge is 0.335 e. The summed E-state index contributed by atoms with van der Waals surface area (Å²) in [5, 5.41) is 13.3. The molecular formula is C27H23N3O5S. The van der Waals surface area contributed by atoms with Gasteiger partial charge in [0.05, 0.1) is 37.2 Å². The molecule has 0 spiro atoms. The lowest BCUT2D eigenvalue weighted by molar-refractivity contribution is 0.0697. The Morgan fingerprint density at radius 3 is 2.64 bits per heavy atom. The molecule has 2 aromatic carbocycles. The Kier molecular flexibility index (Phi) is 6.30. The van der Waals surface area contributed by atoms with E-state index < -0.39 is 12.0 Å². The molecule has 2 aromatic heterocycles. The van der Waals surface area contributed by atoms with Crippen LogP contribution in [-0.2, 0) is 0 Å². The van der Waals surface area contributed by atoms with Crippen LogP contribution in [-0.4, -0.2) is 35.4 Å². The van der Waals surface area contributed by atoms with E-state index >= 15 is 0 Å². The second-order valence-electron chi connectivity index (χ2n) is 8.12. The number of rotatable bonds is 7. The normalized spacial score (nSPS) is 17.1. The van der Waals surface area contributed by atoms with E-state index in [9.17, 15) is 9.90 Å². The number of benzene rings is 2. The number of furan rings is 1. The van der Waals surface area contributed by atoms with Crippen molar-refractivity contribution >= 4 is 29.0 Å². The highest BCUT2D eigenvalue weighted by molar-refractivity contribution is 7.80. The van der Waals surface area contributed by atoms with Crippen LogP contribution >= 0.6 is 12.2 Å². The van der Waals surface area contributed by atoms with E-state index in [2.05, 4.69) is 10.3 Å². The first-order valence-electron chi connectivity index (χ1n) is 11.2. The lowest BCUT2D eigenvalue weighted by atomic mass is 10.0. The van der Waals surface area contributed by atoms with Crippen LogP contribution < -0.4 is 19.7 Å². The van der Waals surface area contributed by atoms with Crippen LogP contribution in [0.2, 0.25) is 0 Å². The summed E-state index contributed by atoms with van der Waals surface area (Å²) in [6, 6.07) is 20.8. The number of carboxylic acid groups (broad SMARTS) is 1. The Hall–Kier alpha value is -4.37. The number of methoxy groups -OCH3 is 2. The molecule has 9 heteroatoms. The molecule has 3 heterocycles. The molecule has 0 amide bonds. The molecule has 36 heavy (non-hydrogen) atoms. The Labute approximate surface area is 213 Å². The minimum atomic E-state index is -1.000. The molecule has 0 aliphatic carbocycles. The van der Waals surface area contributed by atoms with Crippen molar-refractivity contribution in [2.45, 2.75) is 12.1 Å². The minimum Gasteiger partial charge on any atom is -0.497 e. The Balaban J connectivity index is 1.63. The van der Waals surface area contributed by atoms with E-state index in [0.29, 0.717) is 39.4 Å². The van der Waals surface area contributed by atoms with Crippen molar-refractivity contribution < 1.29 is 23.8 Å². The molecule has 0 saturated carbocycles. The van der Waals surface area contributed by atoms with Crippen molar-refractivity contribution in [2.75, 3.05) is 19.1 Å². The summed E-state index contributed by atoms with van der Waals surface area (Å²) in [5.74, 6) is 1.44. The second kappa shape index (κ2) is 9.71. The van der Waals surface area contributed by atoms with Crippen molar-refractivity contribution in [1.29, 1.82) is 0 Å².